The summed E-state index contributed by atoms with van der Waals surface area (Å²) in [4.78, 5) is 23.4. The molecule has 1 fully saturated rings. The Bertz CT molecular complexity index is 1030. The van der Waals surface area contributed by atoms with Crippen molar-refractivity contribution in [3.63, 3.8) is 0 Å². The molecule has 0 bridgehead atoms. The summed E-state index contributed by atoms with van der Waals surface area (Å²) in [6, 6.07) is -1.15. The number of hydrogen-bond acceptors (Lipinski definition) is 11. The van der Waals surface area contributed by atoms with Crippen LogP contribution in [0.1, 0.15) is 219 Å². The highest BCUT2D eigenvalue weighted by Crippen LogP contribution is 2.47. The third-order valence-electron chi connectivity index (χ3n) is 12.0. The standard InChI is InChI=1S/C45H90NO12P/c1-3-5-7-9-11-13-14-15-16-17-18-19-20-21-22-23-25-26-28-30-32-36(47)34-39(49)46-37(38(48)33-31-29-27-24-12-10-8-6-4-2)35-57-59(55,56)58-45-43(53)41(51)40(50)42(52)44(45)54/h36-38,40-45,47-48,50-54H,3-35H2,1-2H3,(H,46,49)(H,55,56). The quantitative estimate of drug-likeness (QED) is 0.0211. The van der Waals surface area contributed by atoms with Gasteiger partial charge in [0.15, 0.2) is 0 Å². The lowest BCUT2D eigenvalue weighted by Gasteiger charge is -2.41. The van der Waals surface area contributed by atoms with Gasteiger partial charge in [-0.2, -0.15) is 0 Å². The summed E-state index contributed by atoms with van der Waals surface area (Å²) < 4.78 is 22.9. The molecule has 1 amide bonds. The number of aliphatic hydroxyl groups is 7. The van der Waals surface area contributed by atoms with E-state index in [-0.39, 0.29) is 12.8 Å². The predicted molar refractivity (Wildman–Crippen MR) is 234 cm³/mol. The Kier molecular flexibility index (Phi) is 34.1. The van der Waals surface area contributed by atoms with Gasteiger partial charge in [-0.05, 0) is 12.8 Å². The first-order chi connectivity index (χ1) is 28.3. The highest BCUT2D eigenvalue weighted by molar-refractivity contribution is 7.47. The first kappa shape index (κ1) is 56.3. The minimum absolute atomic E-state index is 0.216. The van der Waals surface area contributed by atoms with Crippen LogP contribution in [0.15, 0.2) is 0 Å². The molecule has 8 atom stereocenters. The minimum Gasteiger partial charge on any atom is -0.393 e. The van der Waals surface area contributed by atoms with Crippen molar-refractivity contribution >= 4 is 13.7 Å². The lowest BCUT2D eigenvalue weighted by Crippen LogP contribution is -2.64. The molecule has 8 unspecified atom stereocenters. The highest BCUT2D eigenvalue weighted by atomic mass is 31.2. The molecule has 0 heterocycles. The molecule has 59 heavy (non-hydrogen) atoms. The summed E-state index contributed by atoms with van der Waals surface area (Å²) in [6.45, 7) is 3.76. The Morgan fingerprint density at radius 2 is 0.847 bits per heavy atom. The molecule has 0 aromatic carbocycles. The average molecular weight is 868 g/mol. The molecule has 1 aliphatic rings. The van der Waals surface area contributed by atoms with Crippen LogP contribution < -0.4 is 5.32 Å². The zero-order valence-corrected chi connectivity index (χ0v) is 38.1. The van der Waals surface area contributed by atoms with E-state index in [9.17, 15) is 50.0 Å². The fourth-order valence-corrected chi connectivity index (χ4v) is 8.98. The fraction of sp³-hybridized carbons (Fsp3) is 0.978. The molecule has 0 aromatic heterocycles. The van der Waals surface area contributed by atoms with Gasteiger partial charge in [-0.1, -0.05) is 200 Å². The molecule has 13 nitrogen and oxygen atoms in total. The van der Waals surface area contributed by atoms with E-state index in [1.165, 1.54) is 128 Å². The fourth-order valence-electron chi connectivity index (χ4n) is 8.01. The lowest BCUT2D eigenvalue weighted by molar-refractivity contribution is -0.220. The molecule has 0 aliphatic heterocycles. The second-order valence-corrected chi connectivity index (χ2v) is 18.9. The number of carbonyl (C=O) groups excluding carboxylic acids is 1. The van der Waals surface area contributed by atoms with Gasteiger partial charge in [-0.3, -0.25) is 13.8 Å². The van der Waals surface area contributed by atoms with E-state index in [2.05, 4.69) is 19.2 Å². The van der Waals surface area contributed by atoms with E-state index in [1.54, 1.807) is 0 Å². The highest BCUT2D eigenvalue weighted by Gasteiger charge is 2.51. The van der Waals surface area contributed by atoms with Gasteiger partial charge < -0.3 is 46.0 Å². The van der Waals surface area contributed by atoms with Crippen LogP contribution in [-0.2, 0) is 18.4 Å². The molecule has 1 aliphatic carbocycles. The Morgan fingerprint density at radius 3 is 1.22 bits per heavy atom. The van der Waals surface area contributed by atoms with Crippen LogP contribution >= 0.6 is 7.82 Å². The van der Waals surface area contributed by atoms with Gasteiger partial charge in [0.2, 0.25) is 5.91 Å². The number of nitrogens with one attached hydrogen (secondary N) is 1. The third-order valence-corrected chi connectivity index (χ3v) is 13.0. The average Bonchev–Trinajstić information content (AvgIpc) is 3.21. The van der Waals surface area contributed by atoms with Gasteiger partial charge in [0, 0.05) is 0 Å². The summed E-state index contributed by atoms with van der Waals surface area (Å²) in [7, 11) is -5.11. The molecule has 0 radical (unpaired) electrons. The van der Waals surface area contributed by atoms with Gasteiger partial charge in [-0.15, -0.1) is 0 Å². The van der Waals surface area contributed by atoms with Crippen molar-refractivity contribution in [3.05, 3.63) is 0 Å². The molecule has 1 rings (SSSR count). The monoisotopic (exact) mass is 868 g/mol. The van der Waals surface area contributed by atoms with Gasteiger partial charge in [-0.25, -0.2) is 4.57 Å². The van der Waals surface area contributed by atoms with Crippen molar-refractivity contribution in [1.29, 1.82) is 0 Å². The van der Waals surface area contributed by atoms with Crippen molar-refractivity contribution in [2.75, 3.05) is 6.61 Å². The molecule has 352 valence electrons. The molecular formula is C45H90NO12P. The predicted octanol–water partition coefficient (Wildman–Crippen LogP) is 8.04. The second-order valence-electron chi connectivity index (χ2n) is 17.5. The normalized spacial score (nSPS) is 23.5. The lowest BCUT2D eigenvalue weighted by atomic mass is 9.85. The summed E-state index contributed by atoms with van der Waals surface area (Å²) >= 11 is 0. The van der Waals surface area contributed by atoms with E-state index in [0.29, 0.717) is 12.8 Å². The summed E-state index contributed by atoms with van der Waals surface area (Å²) in [5.41, 5.74) is 0. The van der Waals surface area contributed by atoms with Crippen LogP contribution in [0.25, 0.3) is 0 Å². The smallest absolute Gasteiger partial charge is 0.393 e. The number of aliphatic hydroxyl groups excluding tert-OH is 7. The first-order valence-electron chi connectivity index (χ1n) is 24.1. The molecular weight excluding hydrogens is 777 g/mol. The SMILES string of the molecule is CCCCCCCCCCCCCCCCCCCCCCC(O)CC(=O)NC(COP(=O)(O)OC1C(O)C(O)C(O)C(O)C1O)C(O)CCCCCCCCCCC. The van der Waals surface area contributed by atoms with E-state index >= 15 is 0 Å². The van der Waals surface area contributed by atoms with Crippen LogP contribution in [0.2, 0.25) is 0 Å². The van der Waals surface area contributed by atoms with E-state index in [1.807, 2.05) is 0 Å². The van der Waals surface area contributed by atoms with E-state index in [4.69, 9.17) is 9.05 Å². The maximum Gasteiger partial charge on any atom is 0.472 e. The van der Waals surface area contributed by atoms with Crippen molar-refractivity contribution in [1.82, 2.24) is 5.32 Å². The molecule has 0 aromatic rings. The van der Waals surface area contributed by atoms with E-state index < -0.39 is 75.2 Å². The van der Waals surface area contributed by atoms with E-state index in [0.717, 1.165) is 51.4 Å². The molecule has 9 N–H and O–H groups in total. The van der Waals surface area contributed by atoms with Crippen molar-refractivity contribution < 1.29 is 59.0 Å². The summed E-state index contributed by atoms with van der Waals surface area (Å²) in [5, 5.41) is 74.5. The number of hydrogen-bond donors (Lipinski definition) is 9. The molecule has 1 saturated carbocycles. The van der Waals surface area contributed by atoms with Crippen LogP contribution in [0, 0.1) is 0 Å². The van der Waals surface area contributed by atoms with Crippen molar-refractivity contribution in [2.45, 2.75) is 274 Å². The number of phosphoric ester groups is 1. The van der Waals surface area contributed by atoms with Crippen LogP contribution in [0.4, 0.5) is 0 Å². The molecule has 0 spiro atoms. The summed E-state index contributed by atoms with van der Waals surface area (Å²) in [5.74, 6) is -0.558. The zero-order chi connectivity index (χ0) is 43.7. The minimum atomic E-state index is -5.11. The second kappa shape index (κ2) is 35.7. The van der Waals surface area contributed by atoms with Crippen molar-refractivity contribution in [3.8, 4) is 0 Å². The maximum absolute atomic E-state index is 13.0. The number of rotatable bonds is 40. The van der Waals surface area contributed by atoms with Crippen LogP contribution in [-0.4, -0.2) is 108 Å². The molecule has 0 saturated heterocycles. The van der Waals surface area contributed by atoms with Gasteiger partial charge in [0.1, 0.15) is 36.6 Å². The summed E-state index contributed by atoms with van der Waals surface area (Å²) in [6.07, 6.45) is 21.8. The maximum atomic E-state index is 13.0. The zero-order valence-electron chi connectivity index (χ0n) is 37.2. The Morgan fingerprint density at radius 1 is 0.525 bits per heavy atom. The Hall–Kier alpha value is -0.700. The Labute approximate surface area is 358 Å². The van der Waals surface area contributed by atoms with Crippen LogP contribution in [0.3, 0.4) is 0 Å². The molecule has 14 heteroatoms. The number of carbonyl (C=O) groups is 1. The Balaban J connectivity index is 2.39. The van der Waals surface area contributed by atoms with Crippen molar-refractivity contribution in [2.24, 2.45) is 0 Å². The van der Waals surface area contributed by atoms with Crippen LogP contribution in [0.5, 0.6) is 0 Å². The number of phosphoric acid groups is 1. The van der Waals surface area contributed by atoms with Gasteiger partial charge >= 0.3 is 7.82 Å². The number of unbranched alkanes of at least 4 members (excludes halogenated alkanes) is 27. The number of amides is 1. The largest absolute Gasteiger partial charge is 0.472 e. The van der Waals surface area contributed by atoms with Gasteiger partial charge in [0.05, 0.1) is 31.3 Å². The third kappa shape index (κ3) is 27.9. The topological polar surface area (TPSA) is 226 Å². The first-order valence-corrected chi connectivity index (χ1v) is 25.6. The van der Waals surface area contributed by atoms with Gasteiger partial charge in [0.25, 0.3) is 0 Å².